The van der Waals surface area contributed by atoms with Gasteiger partial charge in [-0.1, -0.05) is 103 Å². The summed E-state index contributed by atoms with van der Waals surface area (Å²) in [7, 11) is 0. The van der Waals surface area contributed by atoms with E-state index in [1.807, 2.05) is 61.6 Å². The van der Waals surface area contributed by atoms with E-state index >= 15 is 0 Å². The van der Waals surface area contributed by atoms with E-state index in [1.54, 1.807) is 41.5 Å². The van der Waals surface area contributed by atoms with E-state index in [1.165, 1.54) is 18.7 Å². The number of carboxylic acids is 1. The Labute approximate surface area is 404 Å². The molecule has 0 aliphatic heterocycles. The number of nitrogens with two attached hydrogens (primary N) is 1. The van der Waals surface area contributed by atoms with Crippen molar-refractivity contribution in [2.45, 2.75) is 190 Å². The highest BCUT2D eigenvalue weighted by Crippen LogP contribution is 2.14. The highest BCUT2D eigenvalue weighted by molar-refractivity contribution is 7.98. The zero-order valence-electron chi connectivity index (χ0n) is 43.1. The van der Waals surface area contributed by atoms with Crippen LogP contribution in [0.2, 0.25) is 0 Å². The number of rotatable bonds is 31. The van der Waals surface area contributed by atoms with Crippen LogP contribution in [0, 0.1) is 41.4 Å². The second kappa shape index (κ2) is 30.8. The number of hydrogen-bond donors (Lipinski definition) is 10. The van der Waals surface area contributed by atoms with Gasteiger partial charge in [0, 0.05) is 0 Å². The van der Waals surface area contributed by atoms with Gasteiger partial charge in [0.15, 0.2) is 0 Å². The maximum absolute atomic E-state index is 14.1. The number of carbonyl (C=O) groups excluding carboxylic acids is 8. The first-order chi connectivity index (χ1) is 31.0. The second-order valence-electron chi connectivity index (χ2n) is 20.1. The van der Waals surface area contributed by atoms with E-state index in [0.29, 0.717) is 18.6 Å². The Kier molecular flexibility index (Phi) is 28.8. The van der Waals surface area contributed by atoms with Gasteiger partial charge in [-0.25, -0.2) is 4.79 Å². The topological polar surface area (TPSA) is 296 Å². The second-order valence-corrected chi connectivity index (χ2v) is 21.1. The third-order valence-electron chi connectivity index (χ3n) is 11.3. The Hall–Kier alpha value is -4.46. The van der Waals surface area contributed by atoms with Gasteiger partial charge in [-0.15, -0.1) is 0 Å². The first-order valence-electron chi connectivity index (χ1n) is 23.9. The van der Waals surface area contributed by atoms with Crippen LogP contribution in [0.15, 0.2) is 0 Å². The van der Waals surface area contributed by atoms with Crippen molar-refractivity contribution >= 4 is 65.0 Å². The molecule has 11 N–H and O–H groups in total. The van der Waals surface area contributed by atoms with Gasteiger partial charge in [0.1, 0.15) is 48.3 Å². The zero-order valence-corrected chi connectivity index (χ0v) is 43.9. The van der Waals surface area contributed by atoms with E-state index in [-0.39, 0.29) is 42.9 Å². The molecule has 0 rings (SSSR count). The summed E-state index contributed by atoms with van der Waals surface area (Å²) in [4.78, 5) is 121. The standard InChI is InChI=1S/C47H87N9O10S/c1-17-29(14)35(48)44(62)52-32(20-23(2)3)42(60)51-34(22-25(6)7)43(61)55-36(26(8)9)45(63)53-33(21-24(4)5)41(59)50-31(18-19-67-16)40(58)49-30(15)39(57)54-37(27(10)11)46(64)56-38(28(12)13)47(65)66/h23-38H,17-22,48H2,1-16H3,(H,49,58)(H,50,59)(H,51,60)(H,52,62)(H,53,63)(H,54,57)(H,55,61)(H,56,64)(H,65,66). The van der Waals surface area contributed by atoms with E-state index in [9.17, 15) is 48.3 Å². The molecule has 0 aromatic heterocycles. The maximum Gasteiger partial charge on any atom is 0.326 e. The zero-order chi connectivity index (χ0) is 52.0. The maximum atomic E-state index is 14.1. The van der Waals surface area contributed by atoms with E-state index in [2.05, 4.69) is 42.5 Å². The number of carbonyl (C=O) groups is 9. The fourth-order valence-electron chi connectivity index (χ4n) is 6.94. The van der Waals surface area contributed by atoms with Crippen molar-refractivity contribution in [1.82, 2.24) is 42.5 Å². The molecule has 0 bridgehead atoms. The van der Waals surface area contributed by atoms with Crippen molar-refractivity contribution in [2.75, 3.05) is 12.0 Å². The molecule has 67 heavy (non-hydrogen) atoms. The van der Waals surface area contributed by atoms with E-state index in [0.717, 1.165) is 0 Å². The average Bonchev–Trinajstić information content (AvgIpc) is 3.22. The summed E-state index contributed by atoms with van der Waals surface area (Å²) in [6.45, 7) is 26.6. The molecular weight excluding hydrogens is 883 g/mol. The number of aliphatic carboxylic acids is 1. The summed E-state index contributed by atoms with van der Waals surface area (Å²) in [6, 6.07) is -9.75. The fourth-order valence-corrected chi connectivity index (χ4v) is 7.41. The van der Waals surface area contributed by atoms with Gasteiger partial charge in [0.05, 0.1) is 6.04 Å². The predicted molar refractivity (Wildman–Crippen MR) is 262 cm³/mol. The molecule has 0 aliphatic rings. The molecule has 386 valence electrons. The molecular formula is C47H87N9O10S. The summed E-state index contributed by atoms with van der Waals surface area (Å²) < 4.78 is 0. The van der Waals surface area contributed by atoms with Gasteiger partial charge in [-0.2, -0.15) is 11.8 Å². The Morgan fingerprint density at radius 3 is 1.15 bits per heavy atom. The first kappa shape index (κ1) is 62.5. The van der Waals surface area contributed by atoms with Crippen LogP contribution in [0.4, 0.5) is 0 Å². The molecule has 0 saturated heterocycles. The molecule has 10 unspecified atom stereocenters. The van der Waals surface area contributed by atoms with E-state index in [4.69, 9.17) is 5.73 Å². The third-order valence-corrected chi connectivity index (χ3v) is 11.9. The molecule has 0 aliphatic carbocycles. The van der Waals surface area contributed by atoms with Gasteiger partial charge >= 0.3 is 5.97 Å². The monoisotopic (exact) mass is 970 g/mol. The SMILES string of the molecule is CCC(C)C(N)C(=O)NC(CC(C)C)C(=O)NC(CC(C)C)C(=O)NC(C(=O)NC(CC(C)C)C(=O)NC(CCSC)C(=O)NC(C)C(=O)NC(C(=O)NC(C(=O)O)C(C)C)C(C)C)C(C)C. The molecule has 0 radical (unpaired) electrons. The smallest absolute Gasteiger partial charge is 0.326 e. The quantitative estimate of drug-likeness (QED) is 0.0479. The largest absolute Gasteiger partial charge is 0.480 e. The van der Waals surface area contributed by atoms with Gasteiger partial charge in [0.2, 0.25) is 47.3 Å². The van der Waals surface area contributed by atoms with Gasteiger partial charge in [0.25, 0.3) is 0 Å². The summed E-state index contributed by atoms with van der Waals surface area (Å²) in [5.41, 5.74) is 6.17. The van der Waals surface area contributed by atoms with Crippen molar-refractivity contribution in [2.24, 2.45) is 47.2 Å². The molecule has 0 saturated carbocycles. The number of nitrogens with one attached hydrogen (secondary N) is 8. The molecule has 20 heteroatoms. The molecule has 0 spiro atoms. The molecule has 0 aromatic rings. The molecule has 8 amide bonds. The minimum atomic E-state index is -1.22. The van der Waals surface area contributed by atoms with Gasteiger partial charge in [-0.05, 0) is 86.0 Å². The van der Waals surface area contributed by atoms with Crippen molar-refractivity contribution in [3.8, 4) is 0 Å². The minimum Gasteiger partial charge on any atom is -0.480 e. The number of hydrogen-bond acceptors (Lipinski definition) is 11. The molecule has 10 atom stereocenters. The number of carboxylic acid groups (broad SMARTS) is 1. The normalized spacial score (nSPS) is 16.2. The summed E-state index contributed by atoms with van der Waals surface area (Å²) >= 11 is 1.43. The van der Waals surface area contributed by atoms with Crippen molar-refractivity contribution in [3.05, 3.63) is 0 Å². The molecule has 19 nitrogen and oxygen atoms in total. The van der Waals surface area contributed by atoms with Gasteiger partial charge < -0.3 is 53.4 Å². The van der Waals surface area contributed by atoms with Crippen LogP contribution in [-0.2, 0) is 43.2 Å². The molecule has 0 heterocycles. The number of amides is 8. The lowest BCUT2D eigenvalue weighted by Crippen LogP contribution is -2.61. The van der Waals surface area contributed by atoms with Crippen LogP contribution in [0.3, 0.4) is 0 Å². The van der Waals surface area contributed by atoms with Crippen LogP contribution < -0.4 is 48.3 Å². The predicted octanol–water partition coefficient (Wildman–Crippen LogP) is 2.20. The van der Waals surface area contributed by atoms with Crippen LogP contribution in [0.1, 0.15) is 136 Å². The Morgan fingerprint density at radius 1 is 0.448 bits per heavy atom. The summed E-state index contributed by atoms with van der Waals surface area (Å²) in [6.07, 6.45) is 3.33. The van der Waals surface area contributed by atoms with Crippen molar-refractivity contribution in [3.63, 3.8) is 0 Å². The Morgan fingerprint density at radius 2 is 0.776 bits per heavy atom. The molecule has 0 aromatic carbocycles. The van der Waals surface area contributed by atoms with Crippen molar-refractivity contribution < 1.29 is 48.3 Å². The van der Waals surface area contributed by atoms with Crippen LogP contribution >= 0.6 is 11.8 Å². The lowest BCUT2D eigenvalue weighted by Gasteiger charge is -2.30. The Balaban J connectivity index is 6.32. The highest BCUT2D eigenvalue weighted by Gasteiger charge is 2.36. The first-order valence-corrected chi connectivity index (χ1v) is 25.3. The Bertz CT molecular complexity index is 1640. The lowest BCUT2D eigenvalue weighted by molar-refractivity contribution is -0.144. The van der Waals surface area contributed by atoms with E-state index < -0.39 is 125 Å². The van der Waals surface area contributed by atoms with Crippen LogP contribution in [0.5, 0.6) is 0 Å². The lowest BCUT2D eigenvalue weighted by atomic mass is 9.96. The van der Waals surface area contributed by atoms with Crippen molar-refractivity contribution in [1.29, 1.82) is 0 Å². The van der Waals surface area contributed by atoms with Crippen LogP contribution in [0.25, 0.3) is 0 Å². The fraction of sp³-hybridized carbons (Fsp3) is 0.809. The molecule has 0 fully saturated rings. The average molecular weight is 970 g/mol. The summed E-state index contributed by atoms with van der Waals surface area (Å²) in [5, 5.41) is 31.2. The third kappa shape index (κ3) is 22.9. The number of thioether (sulfide) groups is 1. The summed E-state index contributed by atoms with van der Waals surface area (Å²) in [5.74, 6) is -7.44. The highest BCUT2D eigenvalue weighted by atomic mass is 32.2. The van der Waals surface area contributed by atoms with Crippen LogP contribution in [-0.4, -0.2) is 125 Å². The minimum absolute atomic E-state index is 0.0135. The van der Waals surface area contributed by atoms with Gasteiger partial charge in [-0.3, -0.25) is 38.4 Å².